The van der Waals surface area contributed by atoms with Crippen molar-refractivity contribution in [2.45, 2.75) is 63.5 Å². The summed E-state index contributed by atoms with van der Waals surface area (Å²) < 4.78 is 13.5. The highest BCUT2D eigenvalue weighted by Gasteiger charge is 2.33. The van der Waals surface area contributed by atoms with Crippen LogP contribution in [0.25, 0.3) is 0 Å². The van der Waals surface area contributed by atoms with E-state index in [9.17, 15) is 9.59 Å². The number of carbonyl (C=O) groups is 1. The summed E-state index contributed by atoms with van der Waals surface area (Å²) in [7, 11) is 0. The van der Waals surface area contributed by atoms with E-state index < -0.39 is 0 Å². The second kappa shape index (κ2) is 7.70. The first-order valence-corrected chi connectivity index (χ1v) is 11.2. The van der Waals surface area contributed by atoms with Gasteiger partial charge in [0.1, 0.15) is 5.60 Å². The zero-order chi connectivity index (χ0) is 21.6. The number of hydrogen-bond acceptors (Lipinski definition) is 5. The third kappa shape index (κ3) is 4.18. The summed E-state index contributed by atoms with van der Waals surface area (Å²) in [6.07, 6.45) is 4.60. The van der Waals surface area contributed by atoms with Crippen molar-refractivity contribution in [3.05, 3.63) is 51.9 Å². The van der Waals surface area contributed by atoms with Gasteiger partial charge in [0.25, 0.3) is 11.5 Å². The Balaban J connectivity index is 1.18. The van der Waals surface area contributed by atoms with Crippen LogP contribution in [0.2, 0.25) is 0 Å². The van der Waals surface area contributed by atoms with E-state index in [4.69, 9.17) is 9.47 Å². The van der Waals surface area contributed by atoms with Crippen molar-refractivity contribution in [1.82, 2.24) is 14.7 Å². The second-order valence-corrected chi connectivity index (χ2v) is 9.50. The number of para-hydroxylation sites is 1. The van der Waals surface area contributed by atoms with Crippen LogP contribution in [0.4, 0.5) is 0 Å². The summed E-state index contributed by atoms with van der Waals surface area (Å²) in [6.45, 7) is 5.29. The Morgan fingerprint density at radius 2 is 1.94 bits per heavy atom. The fourth-order valence-electron chi connectivity index (χ4n) is 4.59. The third-order valence-corrected chi connectivity index (χ3v) is 6.41. The first kappa shape index (κ1) is 20.1. The number of carbonyl (C=O) groups excluding carboxylic acids is 1. The molecule has 164 valence electrons. The number of nitrogens with zero attached hydrogens (tertiary/aromatic N) is 3. The molecule has 2 aliphatic heterocycles. The lowest BCUT2D eigenvalue weighted by molar-refractivity contribution is -0.134. The van der Waals surface area contributed by atoms with Gasteiger partial charge in [-0.05, 0) is 51.7 Å². The maximum Gasteiger partial charge on any atom is 0.267 e. The molecule has 3 heterocycles. The van der Waals surface area contributed by atoms with E-state index in [1.165, 1.54) is 0 Å². The van der Waals surface area contributed by atoms with Crippen LogP contribution in [0.15, 0.2) is 35.1 Å². The van der Waals surface area contributed by atoms with Gasteiger partial charge in [-0.3, -0.25) is 9.59 Å². The van der Waals surface area contributed by atoms with E-state index in [1.54, 1.807) is 10.7 Å². The van der Waals surface area contributed by atoms with Crippen molar-refractivity contribution in [1.29, 1.82) is 0 Å². The highest BCUT2D eigenvalue weighted by atomic mass is 16.5. The number of amides is 1. The minimum atomic E-state index is -0.253. The molecule has 1 amide bonds. The van der Waals surface area contributed by atoms with Gasteiger partial charge >= 0.3 is 0 Å². The molecule has 1 aromatic heterocycles. The Morgan fingerprint density at radius 1 is 1.16 bits per heavy atom. The Kier molecular flexibility index (Phi) is 4.99. The number of likely N-dealkylation sites (tertiary alicyclic amines) is 1. The standard InChI is InChI=1S/C24H29N3O4/c1-24(2)14-17-4-3-5-20(23(17)31-24)30-15-22(29)26-12-10-18(11-13-26)27-21(28)9-8-19(25-27)16-6-7-16/h3-5,8-9,16,18H,6-7,10-15H2,1-2H3. The highest BCUT2D eigenvalue weighted by molar-refractivity contribution is 5.78. The number of fused-ring (bicyclic) bond motifs is 1. The fraction of sp³-hybridized carbons (Fsp3) is 0.542. The van der Waals surface area contributed by atoms with E-state index in [2.05, 4.69) is 5.10 Å². The van der Waals surface area contributed by atoms with Crippen molar-refractivity contribution in [2.24, 2.45) is 0 Å². The average molecular weight is 424 g/mol. The largest absolute Gasteiger partial charge is 0.483 e. The van der Waals surface area contributed by atoms with Gasteiger partial charge in [0.05, 0.1) is 11.7 Å². The van der Waals surface area contributed by atoms with Crippen molar-refractivity contribution in [2.75, 3.05) is 19.7 Å². The van der Waals surface area contributed by atoms with Crippen molar-refractivity contribution < 1.29 is 14.3 Å². The van der Waals surface area contributed by atoms with Gasteiger partial charge in [0, 0.05) is 37.1 Å². The molecule has 2 aromatic rings. The van der Waals surface area contributed by atoms with Crippen LogP contribution in [-0.2, 0) is 11.2 Å². The normalized spacial score (nSPS) is 20.3. The van der Waals surface area contributed by atoms with Gasteiger partial charge < -0.3 is 14.4 Å². The summed E-state index contributed by atoms with van der Waals surface area (Å²) in [6, 6.07) is 9.37. The van der Waals surface area contributed by atoms with Crippen LogP contribution >= 0.6 is 0 Å². The summed E-state index contributed by atoms with van der Waals surface area (Å²) >= 11 is 0. The molecule has 5 rings (SSSR count). The van der Waals surface area contributed by atoms with E-state index >= 15 is 0 Å². The monoisotopic (exact) mass is 423 g/mol. The van der Waals surface area contributed by atoms with Crippen molar-refractivity contribution in [3.63, 3.8) is 0 Å². The Labute approximate surface area is 182 Å². The topological polar surface area (TPSA) is 73.7 Å². The smallest absolute Gasteiger partial charge is 0.267 e. The molecule has 3 aliphatic rings. The minimum Gasteiger partial charge on any atom is -0.483 e. The lowest BCUT2D eigenvalue weighted by atomic mass is 10.0. The molecule has 0 N–H and O–H groups in total. The lowest BCUT2D eigenvalue weighted by Gasteiger charge is -2.32. The molecule has 0 radical (unpaired) electrons. The number of hydrogen-bond donors (Lipinski definition) is 0. The zero-order valence-electron chi connectivity index (χ0n) is 18.2. The Morgan fingerprint density at radius 3 is 2.68 bits per heavy atom. The number of rotatable bonds is 5. The van der Waals surface area contributed by atoms with Crippen LogP contribution in [0.1, 0.15) is 62.7 Å². The predicted molar refractivity (Wildman–Crippen MR) is 116 cm³/mol. The number of ether oxygens (including phenoxy) is 2. The Hall–Kier alpha value is -2.83. The van der Waals surface area contributed by atoms with Gasteiger partial charge in [-0.1, -0.05) is 12.1 Å². The van der Waals surface area contributed by atoms with Crippen LogP contribution in [-0.4, -0.2) is 45.9 Å². The van der Waals surface area contributed by atoms with E-state index in [0.717, 1.165) is 49.1 Å². The van der Waals surface area contributed by atoms with Crippen LogP contribution in [0.3, 0.4) is 0 Å². The highest BCUT2D eigenvalue weighted by Crippen LogP contribution is 2.42. The molecule has 1 saturated heterocycles. The molecule has 0 bridgehead atoms. The summed E-state index contributed by atoms with van der Waals surface area (Å²) in [5.74, 6) is 1.85. The molecule has 0 atom stereocenters. The SMILES string of the molecule is CC1(C)Cc2cccc(OCC(=O)N3CCC(n4nc(C5CC5)ccc4=O)CC3)c2O1. The van der Waals surface area contributed by atoms with Gasteiger partial charge in [-0.2, -0.15) is 5.10 Å². The number of piperidine rings is 1. The molecule has 7 heteroatoms. The van der Waals surface area contributed by atoms with E-state index in [-0.39, 0.29) is 29.7 Å². The fourth-order valence-corrected chi connectivity index (χ4v) is 4.59. The van der Waals surface area contributed by atoms with Crippen LogP contribution < -0.4 is 15.0 Å². The number of aromatic nitrogens is 2. The van der Waals surface area contributed by atoms with Gasteiger partial charge in [-0.15, -0.1) is 0 Å². The van der Waals surface area contributed by atoms with Crippen molar-refractivity contribution >= 4 is 5.91 Å². The Bertz CT molecular complexity index is 1050. The predicted octanol–water partition coefficient (Wildman–Crippen LogP) is 3.08. The summed E-state index contributed by atoms with van der Waals surface area (Å²) in [4.78, 5) is 26.9. The summed E-state index contributed by atoms with van der Waals surface area (Å²) in [5.41, 5.74) is 1.82. The molecule has 1 aliphatic carbocycles. The molecule has 7 nitrogen and oxygen atoms in total. The maximum absolute atomic E-state index is 12.7. The quantitative estimate of drug-likeness (QED) is 0.739. The molecule has 2 fully saturated rings. The molecular formula is C24H29N3O4. The van der Waals surface area contributed by atoms with Gasteiger partial charge in [0.15, 0.2) is 18.1 Å². The van der Waals surface area contributed by atoms with Crippen LogP contribution in [0, 0.1) is 0 Å². The molecule has 0 unspecified atom stereocenters. The van der Waals surface area contributed by atoms with E-state index in [0.29, 0.717) is 24.8 Å². The molecule has 1 aromatic carbocycles. The molecule has 31 heavy (non-hydrogen) atoms. The third-order valence-electron chi connectivity index (χ3n) is 6.41. The zero-order valence-corrected chi connectivity index (χ0v) is 18.2. The molecule has 0 spiro atoms. The average Bonchev–Trinajstić information content (AvgIpc) is 3.54. The van der Waals surface area contributed by atoms with Crippen LogP contribution in [0.5, 0.6) is 11.5 Å². The first-order valence-electron chi connectivity index (χ1n) is 11.2. The number of benzene rings is 1. The first-order chi connectivity index (χ1) is 14.9. The molecule has 1 saturated carbocycles. The second-order valence-electron chi connectivity index (χ2n) is 9.50. The van der Waals surface area contributed by atoms with E-state index in [1.807, 2.05) is 43.0 Å². The minimum absolute atomic E-state index is 0.0136. The van der Waals surface area contributed by atoms with Gasteiger partial charge in [-0.25, -0.2) is 4.68 Å². The van der Waals surface area contributed by atoms with Gasteiger partial charge in [0.2, 0.25) is 0 Å². The lowest BCUT2D eigenvalue weighted by Crippen LogP contribution is -2.43. The summed E-state index contributed by atoms with van der Waals surface area (Å²) in [5, 5.41) is 4.61. The maximum atomic E-state index is 12.7. The molecular weight excluding hydrogens is 394 g/mol. The van der Waals surface area contributed by atoms with Crippen molar-refractivity contribution in [3.8, 4) is 11.5 Å².